The van der Waals surface area contributed by atoms with Crippen LogP contribution in [0.25, 0.3) is 6.08 Å². The second-order valence-corrected chi connectivity index (χ2v) is 8.69. The van der Waals surface area contributed by atoms with E-state index < -0.39 is 0 Å². The molecule has 0 spiro atoms. The van der Waals surface area contributed by atoms with Crippen molar-refractivity contribution in [2.45, 2.75) is 13.2 Å². The molecule has 1 fully saturated rings. The summed E-state index contributed by atoms with van der Waals surface area (Å²) in [5, 5.41) is 0.831. The maximum atomic E-state index is 12.7. The molecular formula is C24H17Cl2NO3S. The van der Waals surface area contributed by atoms with Crippen molar-refractivity contribution in [2.24, 2.45) is 0 Å². The number of ether oxygens (including phenoxy) is 1. The van der Waals surface area contributed by atoms with Crippen LogP contribution < -0.4 is 4.74 Å². The second-order valence-electron chi connectivity index (χ2n) is 6.85. The van der Waals surface area contributed by atoms with Crippen LogP contribution in [0.2, 0.25) is 10.0 Å². The van der Waals surface area contributed by atoms with E-state index in [1.165, 1.54) is 4.90 Å². The van der Waals surface area contributed by atoms with E-state index in [2.05, 4.69) is 0 Å². The number of halogens is 2. The van der Waals surface area contributed by atoms with Crippen molar-refractivity contribution in [3.05, 3.63) is 104 Å². The summed E-state index contributed by atoms with van der Waals surface area (Å²) in [6.07, 6.45) is 1.71. The number of carbonyl (C=O) groups excluding carboxylic acids is 2. The number of rotatable bonds is 6. The van der Waals surface area contributed by atoms with E-state index in [4.69, 9.17) is 27.9 Å². The van der Waals surface area contributed by atoms with Crippen LogP contribution in [-0.2, 0) is 17.9 Å². The average Bonchev–Trinajstić information content (AvgIpc) is 3.01. The normalized spacial score (nSPS) is 15.0. The van der Waals surface area contributed by atoms with E-state index in [0.717, 1.165) is 28.5 Å². The Balaban J connectivity index is 1.46. The summed E-state index contributed by atoms with van der Waals surface area (Å²) in [6, 6.07) is 22.0. The van der Waals surface area contributed by atoms with Gasteiger partial charge in [-0.25, -0.2) is 0 Å². The highest BCUT2D eigenvalue weighted by Gasteiger charge is 2.34. The summed E-state index contributed by atoms with van der Waals surface area (Å²) >= 11 is 13.1. The Morgan fingerprint density at radius 3 is 2.52 bits per heavy atom. The van der Waals surface area contributed by atoms with Gasteiger partial charge in [-0.3, -0.25) is 14.5 Å². The van der Waals surface area contributed by atoms with Crippen molar-refractivity contribution >= 4 is 52.2 Å². The molecule has 2 amide bonds. The summed E-state index contributed by atoms with van der Waals surface area (Å²) in [5.41, 5.74) is 2.49. The number of thioether (sulfide) groups is 1. The third-order valence-electron chi connectivity index (χ3n) is 4.62. The van der Waals surface area contributed by atoms with Crippen LogP contribution in [0.3, 0.4) is 0 Å². The number of benzene rings is 3. The number of hydrogen-bond acceptors (Lipinski definition) is 4. The van der Waals surface area contributed by atoms with Crippen LogP contribution >= 0.6 is 35.0 Å². The minimum atomic E-state index is -0.293. The molecule has 1 aliphatic heterocycles. The zero-order valence-electron chi connectivity index (χ0n) is 16.3. The van der Waals surface area contributed by atoms with Gasteiger partial charge >= 0.3 is 0 Å². The largest absolute Gasteiger partial charge is 0.489 e. The molecule has 31 heavy (non-hydrogen) atoms. The highest BCUT2D eigenvalue weighted by molar-refractivity contribution is 8.18. The molecule has 4 rings (SSSR count). The minimum Gasteiger partial charge on any atom is -0.489 e. The van der Waals surface area contributed by atoms with Crippen molar-refractivity contribution in [1.29, 1.82) is 0 Å². The zero-order chi connectivity index (χ0) is 21.8. The van der Waals surface area contributed by atoms with Crippen molar-refractivity contribution in [2.75, 3.05) is 0 Å². The van der Waals surface area contributed by atoms with Crippen LogP contribution in [0.15, 0.2) is 77.7 Å². The predicted octanol–water partition coefficient (Wildman–Crippen LogP) is 6.81. The molecule has 7 heteroatoms. The fourth-order valence-corrected chi connectivity index (χ4v) is 4.35. The standard InChI is InChI=1S/C24H17Cl2NO3S/c25-19-10-9-18(21(26)13-19)15-30-20-8-4-7-17(11-20)12-22-23(28)27(24(29)31-22)14-16-5-2-1-3-6-16/h1-13H,14-15H2/b22-12+. The Kier molecular flexibility index (Phi) is 6.66. The first-order valence-corrected chi connectivity index (χ1v) is 11.0. The van der Waals surface area contributed by atoms with Crippen LogP contribution in [0.1, 0.15) is 16.7 Å². The number of carbonyl (C=O) groups is 2. The van der Waals surface area contributed by atoms with E-state index in [9.17, 15) is 9.59 Å². The monoisotopic (exact) mass is 469 g/mol. The lowest BCUT2D eigenvalue weighted by atomic mass is 10.2. The van der Waals surface area contributed by atoms with Crippen LogP contribution in [-0.4, -0.2) is 16.0 Å². The number of hydrogen-bond donors (Lipinski definition) is 0. The second kappa shape index (κ2) is 9.60. The third kappa shape index (κ3) is 5.31. The average molecular weight is 470 g/mol. The van der Waals surface area contributed by atoms with Crippen molar-refractivity contribution in [3.8, 4) is 5.75 Å². The van der Waals surface area contributed by atoms with E-state index in [0.29, 0.717) is 20.7 Å². The lowest BCUT2D eigenvalue weighted by Crippen LogP contribution is -2.27. The molecule has 0 aliphatic carbocycles. The summed E-state index contributed by atoms with van der Waals surface area (Å²) in [7, 11) is 0. The van der Waals surface area contributed by atoms with Gasteiger partial charge < -0.3 is 4.74 Å². The molecule has 156 valence electrons. The molecule has 0 unspecified atom stereocenters. The summed E-state index contributed by atoms with van der Waals surface area (Å²) in [6.45, 7) is 0.543. The van der Waals surface area contributed by atoms with Gasteiger partial charge in [0.15, 0.2) is 0 Å². The molecule has 0 radical (unpaired) electrons. The van der Waals surface area contributed by atoms with E-state index in [1.807, 2.05) is 60.7 Å². The first-order valence-electron chi connectivity index (χ1n) is 9.46. The summed E-state index contributed by atoms with van der Waals surface area (Å²) in [4.78, 5) is 26.7. The molecule has 1 saturated heterocycles. The maximum absolute atomic E-state index is 12.7. The van der Waals surface area contributed by atoms with E-state index in [-0.39, 0.29) is 24.3 Å². The highest BCUT2D eigenvalue weighted by atomic mass is 35.5. The summed E-state index contributed by atoms with van der Waals surface area (Å²) in [5.74, 6) is 0.335. The van der Waals surface area contributed by atoms with Gasteiger partial charge in [0.2, 0.25) is 0 Å². The molecule has 0 bridgehead atoms. The van der Waals surface area contributed by atoms with Crippen molar-refractivity contribution in [3.63, 3.8) is 0 Å². The van der Waals surface area contributed by atoms with Gasteiger partial charge in [-0.05, 0) is 53.2 Å². The van der Waals surface area contributed by atoms with Crippen molar-refractivity contribution < 1.29 is 14.3 Å². The lowest BCUT2D eigenvalue weighted by Gasteiger charge is -2.12. The quantitative estimate of drug-likeness (QED) is 0.372. The smallest absolute Gasteiger partial charge is 0.293 e. The highest BCUT2D eigenvalue weighted by Crippen LogP contribution is 2.33. The van der Waals surface area contributed by atoms with Crippen molar-refractivity contribution in [1.82, 2.24) is 4.90 Å². The van der Waals surface area contributed by atoms with Gasteiger partial charge in [-0.15, -0.1) is 0 Å². The van der Waals surface area contributed by atoms with Crippen LogP contribution in [0.4, 0.5) is 4.79 Å². The predicted molar refractivity (Wildman–Crippen MR) is 125 cm³/mol. The van der Waals surface area contributed by atoms with Gasteiger partial charge in [-0.2, -0.15) is 0 Å². The van der Waals surface area contributed by atoms with Gasteiger partial charge in [-0.1, -0.05) is 71.7 Å². The molecule has 3 aromatic carbocycles. The zero-order valence-corrected chi connectivity index (χ0v) is 18.6. The summed E-state index contributed by atoms with van der Waals surface area (Å²) < 4.78 is 5.84. The van der Waals surface area contributed by atoms with Gasteiger partial charge in [0, 0.05) is 15.6 Å². The molecule has 0 atom stereocenters. The fraction of sp³-hybridized carbons (Fsp3) is 0.0833. The molecule has 4 nitrogen and oxygen atoms in total. The van der Waals surface area contributed by atoms with Crippen LogP contribution in [0.5, 0.6) is 5.75 Å². The van der Waals surface area contributed by atoms with E-state index >= 15 is 0 Å². The lowest BCUT2D eigenvalue weighted by molar-refractivity contribution is -0.123. The molecule has 3 aromatic rings. The number of imide groups is 1. The van der Waals surface area contributed by atoms with E-state index in [1.54, 1.807) is 18.2 Å². The molecule has 0 N–H and O–H groups in total. The molecule has 0 saturated carbocycles. The first kappa shape index (κ1) is 21.5. The third-order valence-corrected chi connectivity index (χ3v) is 6.12. The Morgan fingerprint density at radius 2 is 1.74 bits per heavy atom. The SMILES string of the molecule is O=C1S/C(=C/c2cccc(OCc3ccc(Cl)cc3Cl)c2)C(=O)N1Cc1ccccc1. The number of amides is 2. The molecule has 0 aromatic heterocycles. The topological polar surface area (TPSA) is 46.6 Å². The first-order chi connectivity index (χ1) is 15.0. The molecule has 1 heterocycles. The molecule has 1 aliphatic rings. The fourth-order valence-electron chi connectivity index (χ4n) is 3.05. The van der Waals surface area contributed by atoms with Crippen LogP contribution in [0, 0.1) is 0 Å². The maximum Gasteiger partial charge on any atom is 0.293 e. The van der Waals surface area contributed by atoms with Gasteiger partial charge in [0.25, 0.3) is 11.1 Å². The van der Waals surface area contributed by atoms with Gasteiger partial charge in [0.05, 0.1) is 11.4 Å². The van der Waals surface area contributed by atoms with Gasteiger partial charge in [0.1, 0.15) is 12.4 Å². The Labute approximate surface area is 194 Å². The Bertz CT molecular complexity index is 1160. The Hall–Kier alpha value is -2.73. The molecular weight excluding hydrogens is 453 g/mol. The Morgan fingerprint density at radius 1 is 0.935 bits per heavy atom. The minimum absolute atomic E-state index is 0.258. The number of nitrogens with zero attached hydrogens (tertiary/aromatic N) is 1.